The topological polar surface area (TPSA) is 92.4 Å². The second kappa shape index (κ2) is 9.78. The summed E-state index contributed by atoms with van der Waals surface area (Å²) < 4.78 is 0. The summed E-state index contributed by atoms with van der Waals surface area (Å²) in [6, 6.07) is 0.0689. The minimum atomic E-state index is -0.761. The van der Waals surface area contributed by atoms with Crippen LogP contribution >= 0.6 is 0 Å². The van der Waals surface area contributed by atoms with Gasteiger partial charge in [0.05, 0.1) is 11.8 Å². The number of rotatable bonds is 10. The van der Waals surface area contributed by atoms with Crippen LogP contribution in [0.15, 0.2) is 0 Å². The number of nitrogens with one attached hydrogen (secondary N) is 1. The summed E-state index contributed by atoms with van der Waals surface area (Å²) in [5.74, 6) is -1.17. The summed E-state index contributed by atoms with van der Waals surface area (Å²) in [4.78, 5) is 22.6. The molecule has 1 amide bonds. The van der Waals surface area contributed by atoms with Crippen molar-refractivity contribution < 1.29 is 14.7 Å². The number of carboxylic acid groups (broad SMARTS) is 1. The van der Waals surface area contributed by atoms with Crippen molar-refractivity contribution in [2.45, 2.75) is 58.9 Å². The summed E-state index contributed by atoms with van der Waals surface area (Å²) in [7, 11) is 0. The maximum absolute atomic E-state index is 11.9. The van der Waals surface area contributed by atoms with Gasteiger partial charge >= 0.3 is 5.97 Å². The average molecular weight is 272 g/mol. The van der Waals surface area contributed by atoms with Gasteiger partial charge in [-0.15, -0.1) is 0 Å². The SMILES string of the molecule is CCCC(CN)C(=O)NC(C)CCCC(C)C(=O)O. The minimum absolute atomic E-state index is 0.0168. The molecule has 3 atom stereocenters. The summed E-state index contributed by atoms with van der Waals surface area (Å²) >= 11 is 0. The molecule has 0 saturated heterocycles. The molecule has 0 bridgehead atoms. The molecule has 0 aliphatic heterocycles. The third kappa shape index (κ3) is 7.82. The summed E-state index contributed by atoms with van der Waals surface area (Å²) in [5, 5.41) is 11.7. The molecule has 5 nitrogen and oxygen atoms in total. The average Bonchev–Trinajstić information content (AvgIpc) is 2.35. The van der Waals surface area contributed by atoms with Crippen LogP contribution in [0, 0.1) is 11.8 Å². The van der Waals surface area contributed by atoms with E-state index >= 15 is 0 Å². The highest BCUT2D eigenvalue weighted by Gasteiger charge is 2.18. The lowest BCUT2D eigenvalue weighted by Crippen LogP contribution is -2.40. The Balaban J connectivity index is 3.93. The fourth-order valence-electron chi connectivity index (χ4n) is 1.99. The first-order valence-electron chi connectivity index (χ1n) is 7.15. The van der Waals surface area contributed by atoms with E-state index in [0.717, 1.165) is 25.7 Å². The van der Waals surface area contributed by atoms with Crippen molar-refractivity contribution >= 4 is 11.9 Å². The van der Waals surface area contributed by atoms with Gasteiger partial charge in [-0.2, -0.15) is 0 Å². The van der Waals surface area contributed by atoms with Gasteiger partial charge in [0, 0.05) is 12.6 Å². The van der Waals surface area contributed by atoms with Crippen molar-refractivity contribution in [2.24, 2.45) is 17.6 Å². The molecule has 0 aliphatic rings. The standard InChI is InChI=1S/C14H28N2O3/c1-4-6-12(9-15)13(17)16-11(3)8-5-7-10(2)14(18)19/h10-12H,4-9,15H2,1-3H3,(H,16,17)(H,18,19). The molecule has 0 rings (SSSR count). The van der Waals surface area contributed by atoms with Gasteiger partial charge in [0.15, 0.2) is 0 Å². The molecule has 0 radical (unpaired) electrons. The Hall–Kier alpha value is -1.10. The molecule has 112 valence electrons. The third-order valence-corrected chi connectivity index (χ3v) is 3.38. The van der Waals surface area contributed by atoms with Crippen LogP contribution in [0.2, 0.25) is 0 Å². The lowest BCUT2D eigenvalue weighted by molar-refractivity contribution is -0.141. The van der Waals surface area contributed by atoms with Crippen LogP contribution in [-0.4, -0.2) is 29.6 Å². The van der Waals surface area contributed by atoms with E-state index in [0.29, 0.717) is 13.0 Å². The fourth-order valence-corrected chi connectivity index (χ4v) is 1.99. The molecule has 19 heavy (non-hydrogen) atoms. The van der Waals surface area contributed by atoms with Gasteiger partial charge in [0.1, 0.15) is 0 Å². The van der Waals surface area contributed by atoms with E-state index in [-0.39, 0.29) is 23.8 Å². The van der Waals surface area contributed by atoms with E-state index in [2.05, 4.69) is 5.32 Å². The first-order chi connectivity index (χ1) is 8.92. The zero-order valence-corrected chi connectivity index (χ0v) is 12.3. The second-order valence-electron chi connectivity index (χ2n) is 5.30. The Bertz CT molecular complexity index is 282. The van der Waals surface area contributed by atoms with E-state index in [9.17, 15) is 9.59 Å². The maximum atomic E-state index is 11.9. The Morgan fingerprint density at radius 2 is 1.84 bits per heavy atom. The van der Waals surface area contributed by atoms with E-state index in [1.807, 2.05) is 13.8 Å². The van der Waals surface area contributed by atoms with Crippen LogP contribution in [0.25, 0.3) is 0 Å². The van der Waals surface area contributed by atoms with Crippen LogP contribution < -0.4 is 11.1 Å². The molecule has 0 fully saturated rings. The Labute approximate surface area is 115 Å². The maximum Gasteiger partial charge on any atom is 0.306 e. The van der Waals surface area contributed by atoms with Crippen LogP contribution in [0.4, 0.5) is 0 Å². The molecule has 0 heterocycles. The smallest absolute Gasteiger partial charge is 0.306 e. The Morgan fingerprint density at radius 1 is 1.21 bits per heavy atom. The number of nitrogens with two attached hydrogens (primary N) is 1. The first-order valence-corrected chi connectivity index (χ1v) is 7.15. The quantitative estimate of drug-likeness (QED) is 0.565. The minimum Gasteiger partial charge on any atom is -0.481 e. The largest absolute Gasteiger partial charge is 0.481 e. The van der Waals surface area contributed by atoms with E-state index in [1.165, 1.54) is 0 Å². The first kappa shape index (κ1) is 17.9. The molecule has 0 aromatic heterocycles. The van der Waals surface area contributed by atoms with E-state index in [1.54, 1.807) is 6.92 Å². The van der Waals surface area contributed by atoms with Crippen LogP contribution in [0.1, 0.15) is 52.9 Å². The number of amides is 1. The Kier molecular flexibility index (Phi) is 9.21. The second-order valence-corrected chi connectivity index (χ2v) is 5.30. The van der Waals surface area contributed by atoms with Crippen molar-refractivity contribution in [2.75, 3.05) is 6.54 Å². The molecular weight excluding hydrogens is 244 g/mol. The lowest BCUT2D eigenvalue weighted by atomic mass is 10.0. The number of carbonyl (C=O) groups is 2. The van der Waals surface area contributed by atoms with Crippen LogP contribution in [-0.2, 0) is 9.59 Å². The van der Waals surface area contributed by atoms with Gasteiger partial charge in [-0.05, 0) is 26.2 Å². The van der Waals surface area contributed by atoms with Gasteiger partial charge in [0.25, 0.3) is 0 Å². The van der Waals surface area contributed by atoms with Crippen molar-refractivity contribution in [3.05, 3.63) is 0 Å². The highest BCUT2D eigenvalue weighted by Crippen LogP contribution is 2.11. The number of aliphatic carboxylic acids is 1. The molecular formula is C14H28N2O3. The van der Waals surface area contributed by atoms with Gasteiger partial charge in [-0.1, -0.05) is 26.7 Å². The highest BCUT2D eigenvalue weighted by atomic mass is 16.4. The van der Waals surface area contributed by atoms with Gasteiger partial charge < -0.3 is 16.2 Å². The van der Waals surface area contributed by atoms with Crippen LogP contribution in [0.5, 0.6) is 0 Å². The predicted octanol–water partition coefficient (Wildman–Crippen LogP) is 1.76. The molecule has 0 saturated carbocycles. The molecule has 0 spiro atoms. The van der Waals surface area contributed by atoms with Gasteiger partial charge in [0.2, 0.25) is 5.91 Å². The monoisotopic (exact) mass is 272 g/mol. The normalized spacial score (nSPS) is 15.6. The fraction of sp³-hybridized carbons (Fsp3) is 0.857. The van der Waals surface area contributed by atoms with Crippen molar-refractivity contribution in [1.29, 1.82) is 0 Å². The third-order valence-electron chi connectivity index (χ3n) is 3.38. The number of carboxylic acids is 1. The van der Waals surface area contributed by atoms with Crippen molar-refractivity contribution in [3.63, 3.8) is 0 Å². The molecule has 3 unspecified atom stereocenters. The van der Waals surface area contributed by atoms with Gasteiger partial charge in [-0.3, -0.25) is 9.59 Å². The van der Waals surface area contributed by atoms with E-state index < -0.39 is 5.97 Å². The summed E-state index contributed by atoms with van der Waals surface area (Å²) in [6.07, 6.45) is 4.00. The summed E-state index contributed by atoms with van der Waals surface area (Å²) in [5.41, 5.74) is 5.58. The molecule has 0 aromatic rings. The van der Waals surface area contributed by atoms with E-state index in [4.69, 9.17) is 10.8 Å². The Morgan fingerprint density at radius 3 is 2.32 bits per heavy atom. The zero-order valence-electron chi connectivity index (χ0n) is 12.3. The number of hydrogen-bond acceptors (Lipinski definition) is 3. The highest BCUT2D eigenvalue weighted by molar-refractivity contribution is 5.79. The molecule has 5 heteroatoms. The molecule has 0 aliphatic carbocycles. The summed E-state index contributed by atoms with van der Waals surface area (Å²) in [6.45, 7) is 6.06. The van der Waals surface area contributed by atoms with Crippen LogP contribution in [0.3, 0.4) is 0 Å². The molecule has 4 N–H and O–H groups in total. The predicted molar refractivity (Wildman–Crippen MR) is 75.7 cm³/mol. The van der Waals surface area contributed by atoms with Crippen molar-refractivity contribution in [1.82, 2.24) is 5.32 Å². The zero-order chi connectivity index (χ0) is 14.8. The van der Waals surface area contributed by atoms with Gasteiger partial charge in [-0.25, -0.2) is 0 Å². The lowest BCUT2D eigenvalue weighted by Gasteiger charge is -2.19. The number of hydrogen-bond donors (Lipinski definition) is 3. The number of carbonyl (C=O) groups excluding carboxylic acids is 1. The van der Waals surface area contributed by atoms with Crippen molar-refractivity contribution in [3.8, 4) is 0 Å². The molecule has 0 aromatic carbocycles.